The van der Waals surface area contributed by atoms with Gasteiger partial charge in [-0.2, -0.15) is 0 Å². The molecule has 0 amide bonds. The lowest BCUT2D eigenvalue weighted by Gasteiger charge is -2.32. The average Bonchev–Trinajstić information content (AvgIpc) is 2.74. The molecule has 1 aliphatic heterocycles. The summed E-state index contributed by atoms with van der Waals surface area (Å²) < 4.78 is 13.5. The van der Waals surface area contributed by atoms with Crippen molar-refractivity contribution in [3.63, 3.8) is 0 Å². The SMILES string of the molecule is C[C@@H]1Cc2c(Br)c(OCc3ccccc3)cc(OCc3ccccc3)c2[C@@H](C)N1. The lowest BCUT2D eigenvalue weighted by atomic mass is 9.90. The van der Waals surface area contributed by atoms with Crippen LogP contribution in [0.15, 0.2) is 71.2 Å². The minimum Gasteiger partial charge on any atom is -0.488 e. The third kappa shape index (κ3) is 4.65. The number of hydrogen-bond donors (Lipinski definition) is 1. The van der Waals surface area contributed by atoms with Gasteiger partial charge in [0.1, 0.15) is 24.7 Å². The molecule has 0 bridgehead atoms. The topological polar surface area (TPSA) is 30.5 Å². The van der Waals surface area contributed by atoms with Crippen molar-refractivity contribution in [2.75, 3.05) is 0 Å². The third-order valence-electron chi connectivity index (χ3n) is 5.29. The lowest BCUT2D eigenvalue weighted by Crippen LogP contribution is -2.36. The number of hydrogen-bond acceptors (Lipinski definition) is 3. The summed E-state index contributed by atoms with van der Waals surface area (Å²) in [6.45, 7) is 5.48. The highest BCUT2D eigenvalue weighted by Gasteiger charge is 2.28. The van der Waals surface area contributed by atoms with E-state index in [9.17, 15) is 0 Å². The van der Waals surface area contributed by atoms with Gasteiger partial charge in [0, 0.05) is 23.7 Å². The Kier molecular flexibility index (Phi) is 6.22. The monoisotopic (exact) mass is 451 g/mol. The summed E-state index contributed by atoms with van der Waals surface area (Å²) in [6.07, 6.45) is 0.935. The van der Waals surface area contributed by atoms with Crippen LogP contribution in [0.2, 0.25) is 0 Å². The maximum absolute atomic E-state index is 6.30. The van der Waals surface area contributed by atoms with Crippen LogP contribution in [-0.2, 0) is 19.6 Å². The summed E-state index contributed by atoms with van der Waals surface area (Å²) in [5.41, 5.74) is 4.79. The maximum atomic E-state index is 6.30. The quantitative estimate of drug-likeness (QED) is 0.483. The fraction of sp³-hybridized carbons (Fsp3) is 0.280. The molecule has 1 heterocycles. The third-order valence-corrected chi connectivity index (χ3v) is 6.16. The van der Waals surface area contributed by atoms with Gasteiger partial charge in [0.25, 0.3) is 0 Å². The summed E-state index contributed by atoms with van der Waals surface area (Å²) in [5.74, 6) is 1.72. The molecular formula is C25H26BrNO2. The van der Waals surface area contributed by atoms with E-state index in [-0.39, 0.29) is 6.04 Å². The van der Waals surface area contributed by atoms with Crippen molar-refractivity contribution in [2.45, 2.75) is 45.6 Å². The highest BCUT2D eigenvalue weighted by Crippen LogP contribution is 2.43. The number of benzene rings is 3. The molecule has 0 saturated heterocycles. The van der Waals surface area contributed by atoms with E-state index in [1.54, 1.807) is 0 Å². The first kappa shape index (κ1) is 20.0. The fourth-order valence-corrected chi connectivity index (χ4v) is 4.52. The van der Waals surface area contributed by atoms with Crippen LogP contribution in [0, 0.1) is 0 Å². The van der Waals surface area contributed by atoms with Crippen LogP contribution in [0.25, 0.3) is 0 Å². The molecule has 29 heavy (non-hydrogen) atoms. The molecule has 1 N–H and O–H groups in total. The largest absolute Gasteiger partial charge is 0.488 e. The van der Waals surface area contributed by atoms with E-state index in [0.717, 1.165) is 33.5 Å². The summed E-state index contributed by atoms with van der Waals surface area (Å²) in [6, 6.07) is 23.2. The Labute approximate surface area is 181 Å². The average molecular weight is 452 g/mol. The van der Waals surface area contributed by atoms with Crippen molar-refractivity contribution in [3.8, 4) is 11.5 Å². The van der Waals surface area contributed by atoms with Gasteiger partial charge in [-0.05, 0) is 52.9 Å². The predicted octanol–water partition coefficient (Wildman–Crippen LogP) is 6.20. The van der Waals surface area contributed by atoms with Gasteiger partial charge in [-0.25, -0.2) is 0 Å². The van der Waals surface area contributed by atoms with E-state index >= 15 is 0 Å². The van der Waals surface area contributed by atoms with Crippen molar-refractivity contribution >= 4 is 15.9 Å². The number of nitrogens with one attached hydrogen (secondary N) is 1. The summed E-state index contributed by atoms with van der Waals surface area (Å²) in [4.78, 5) is 0. The molecule has 1 aliphatic rings. The molecule has 0 radical (unpaired) electrons. The van der Waals surface area contributed by atoms with E-state index in [1.807, 2.05) is 42.5 Å². The number of ether oxygens (including phenoxy) is 2. The van der Waals surface area contributed by atoms with Gasteiger partial charge in [-0.15, -0.1) is 0 Å². The van der Waals surface area contributed by atoms with E-state index < -0.39 is 0 Å². The Bertz CT molecular complexity index is 960. The highest BCUT2D eigenvalue weighted by molar-refractivity contribution is 9.10. The Morgan fingerprint density at radius 3 is 2.00 bits per heavy atom. The first-order valence-electron chi connectivity index (χ1n) is 10.1. The second-order valence-corrected chi connectivity index (χ2v) is 8.41. The fourth-order valence-electron chi connectivity index (χ4n) is 3.92. The van der Waals surface area contributed by atoms with Crippen molar-refractivity contribution in [2.24, 2.45) is 0 Å². The normalized spacial score (nSPS) is 18.2. The summed E-state index contributed by atoms with van der Waals surface area (Å²) in [7, 11) is 0. The van der Waals surface area contributed by atoms with Crippen LogP contribution >= 0.6 is 15.9 Å². The molecule has 150 valence electrons. The van der Waals surface area contributed by atoms with Crippen LogP contribution in [0.4, 0.5) is 0 Å². The van der Waals surface area contributed by atoms with Crippen LogP contribution in [0.1, 0.15) is 42.1 Å². The van der Waals surface area contributed by atoms with Crippen molar-refractivity contribution in [1.29, 1.82) is 0 Å². The second-order valence-electron chi connectivity index (χ2n) is 7.62. The maximum Gasteiger partial charge on any atom is 0.137 e. The first-order chi connectivity index (χ1) is 14.1. The molecule has 0 aliphatic carbocycles. The summed E-state index contributed by atoms with van der Waals surface area (Å²) >= 11 is 3.82. The molecule has 4 heteroatoms. The Balaban J connectivity index is 1.65. The zero-order valence-corrected chi connectivity index (χ0v) is 18.4. The molecule has 4 rings (SSSR count). The molecule has 3 aromatic rings. The van der Waals surface area contributed by atoms with Gasteiger partial charge < -0.3 is 14.8 Å². The second kappa shape index (κ2) is 9.02. The van der Waals surface area contributed by atoms with Crippen LogP contribution in [-0.4, -0.2) is 6.04 Å². The van der Waals surface area contributed by atoms with Gasteiger partial charge >= 0.3 is 0 Å². The van der Waals surface area contributed by atoms with Gasteiger partial charge in [0.2, 0.25) is 0 Å². The minimum absolute atomic E-state index is 0.221. The van der Waals surface area contributed by atoms with E-state index in [1.165, 1.54) is 11.1 Å². The van der Waals surface area contributed by atoms with Crippen LogP contribution < -0.4 is 14.8 Å². The Morgan fingerprint density at radius 2 is 1.41 bits per heavy atom. The molecule has 0 aromatic heterocycles. The minimum atomic E-state index is 0.221. The van der Waals surface area contributed by atoms with E-state index in [2.05, 4.69) is 59.4 Å². The van der Waals surface area contributed by atoms with Gasteiger partial charge in [0.15, 0.2) is 0 Å². The van der Waals surface area contributed by atoms with Gasteiger partial charge in [-0.1, -0.05) is 60.7 Å². The molecule has 0 saturated carbocycles. The molecule has 2 atom stereocenters. The van der Waals surface area contributed by atoms with Gasteiger partial charge in [-0.3, -0.25) is 0 Å². The zero-order valence-electron chi connectivity index (χ0n) is 16.8. The summed E-state index contributed by atoms with van der Waals surface area (Å²) in [5, 5.41) is 3.64. The molecule has 3 nitrogen and oxygen atoms in total. The molecule has 0 unspecified atom stereocenters. The van der Waals surface area contributed by atoms with Crippen LogP contribution in [0.3, 0.4) is 0 Å². The van der Waals surface area contributed by atoms with E-state index in [4.69, 9.17) is 9.47 Å². The van der Waals surface area contributed by atoms with Crippen molar-refractivity contribution < 1.29 is 9.47 Å². The number of rotatable bonds is 6. The van der Waals surface area contributed by atoms with E-state index in [0.29, 0.717) is 19.3 Å². The Morgan fingerprint density at radius 1 is 0.862 bits per heavy atom. The van der Waals surface area contributed by atoms with Crippen LogP contribution in [0.5, 0.6) is 11.5 Å². The van der Waals surface area contributed by atoms with Crippen molar-refractivity contribution in [1.82, 2.24) is 5.32 Å². The predicted molar refractivity (Wildman–Crippen MR) is 120 cm³/mol. The molecule has 3 aromatic carbocycles. The first-order valence-corrected chi connectivity index (χ1v) is 10.9. The number of halogens is 1. The van der Waals surface area contributed by atoms with Crippen molar-refractivity contribution in [3.05, 3.63) is 93.5 Å². The molecular weight excluding hydrogens is 426 g/mol. The number of fused-ring (bicyclic) bond motifs is 1. The lowest BCUT2D eigenvalue weighted by molar-refractivity contribution is 0.280. The standard InChI is InChI=1S/C25H26BrNO2/c1-17-13-21-24(18(2)27-17)22(28-15-19-9-5-3-6-10-19)14-23(25(21)26)29-16-20-11-7-4-8-12-20/h3-12,14,17-18,27H,13,15-16H2,1-2H3/t17-,18-/m1/s1. The highest BCUT2D eigenvalue weighted by atomic mass is 79.9. The smallest absolute Gasteiger partial charge is 0.137 e. The zero-order chi connectivity index (χ0) is 20.2. The Hall–Kier alpha value is -2.30. The molecule has 0 fully saturated rings. The molecule has 0 spiro atoms. The van der Waals surface area contributed by atoms with Gasteiger partial charge in [0.05, 0.1) is 4.47 Å².